The molecule has 38 heavy (non-hydrogen) atoms. The highest BCUT2D eigenvalue weighted by atomic mass is 79.9. The number of carbonyl (C=O) groups is 2. The van der Waals surface area contributed by atoms with Gasteiger partial charge in [0.25, 0.3) is 10.0 Å². The second kappa shape index (κ2) is 13.6. The minimum atomic E-state index is -4.08. The summed E-state index contributed by atoms with van der Waals surface area (Å²) in [7, 11) is -4.08. The van der Waals surface area contributed by atoms with Crippen molar-refractivity contribution in [3.63, 3.8) is 0 Å². The molecule has 0 saturated carbocycles. The number of rotatable bonds is 12. The molecule has 7 nitrogen and oxygen atoms in total. The Morgan fingerprint density at radius 1 is 0.895 bits per heavy atom. The summed E-state index contributed by atoms with van der Waals surface area (Å²) in [6.07, 6.45) is 1.13. The summed E-state index contributed by atoms with van der Waals surface area (Å²) in [6.45, 7) is 5.44. The summed E-state index contributed by atoms with van der Waals surface area (Å²) in [5.41, 5.74) is 1.18. The third-order valence-electron chi connectivity index (χ3n) is 6.29. The van der Waals surface area contributed by atoms with Gasteiger partial charge in [0, 0.05) is 17.1 Å². The Morgan fingerprint density at radius 2 is 1.53 bits per heavy atom. The summed E-state index contributed by atoms with van der Waals surface area (Å²) in [5, 5.41) is 2.98. The van der Waals surface area contributed by atoms with E-state index in [4.69, 9.17) is 0 Å². The molecule has 9 heteroatoms. The number of halogens is 1. The van der Waals surface area contributed by atoms with Gasteiger partial charge in [-0.2, -0.15) is 0 Å². The predicted octanol–water partition coefficient (Wildman–Crippen LogP) is 5.37. The number of benzene rings is 3. The van der Waals surface area contributed by atoms with Gasteiger partial charge in [0.1, 0.15) is 12.6 Å². The number of hydrogen-bond donors (Lipinski definition) is 1. The lowest BCUT2D eigenvalue weighted by molar-refractivity contribution is -0.140. The van der Waals surface area contributed by atoms with Crippen LogP contribution in [0, 0.1) is 0 Å². The predicted molar refractivity (Wildman–Crippen MR) is 154 cm³/mol. The molecule has 0 aliphatic carbocycles. The first-order chi connectivity index (χ1) is 18.2. The topological polar surface area (TPSA) is 86.8 Å². The van der Waals surface area contributed by atoms with E-state index in [2.05, 4.69) is 21.2 Å². The number of hydrogen-bond acceptors (Lipinski definition) is 4. The van der Waals surface area contributed by atoms with E-state index >= 15 is 0 Å². The Kier molecular flexibility index (Phi) is 10.5. The van der Waals surface area contributed by atoms with Gasteiger partial charge in [-0.25, -0.2) is 8.42 Å². The minimum Gasteiger partial charge on any atom is -0.352 e. The quantitative estimate of drug-likeness (QED) is 0.303. The van der Waals surface area contributed by atoms with Crippen LogP contribution < -0.4 is 9.62 Å². The smallest absolute Gasteiger partial charge is 0.264 e. The Balaban J connectivity index is 2.03. The molecule has 1 N–H and O–H groups in total. The van der Waals surface area contributed by atoms with Crippen molar-refractivity contribution < 1.29 is 18.0 Å². The molecule has 2 atom stereocenters. The first kappa shape index (κ1) is 29.4. The van der Waals surface area contributed by atoms with Crippen molar-refractivity contribution in [3.05, 3.63) is 95.0 Å². The fourth-order valence-electron chi connectivity index (χ4n) is 4.02. The Morgan fingerprint density at radius 3 is 2.11 bits per heavy atom. The molecule has 0 unspecified atom stereocenters. The van der Waals surface area contributed by atoms with E-state index in [9.17, 15) is 18.0 Å². The van der Waals surface area contributed by atoms with E-state index in [0.29, 0.717) is 16.6 Å². The maximum absolute atomic E-state index is 14.0. The Labute approximate surface area is 234 Å². The highest BCUT2D eigenvalue weighted by Gasteiger charge is 2.34. The maximum Gasteiger partial charge on any atom is 0.264 e. The first-order valence-electron chi connectivity index (χ1n) is 12.6. The minimum absolute atomic E-state index is 0.0538. The largest absolute Gasteiger partial charge is 0.352 e. The molecule has 3 aromatic carbocycles. The van der Waals surface area contributed by atoms with Crippen molar-refractivity contribution in [2.45, 2.75) is 57.1 Å². The standard InChI is InChI=1S/C29H34BrN3O4S/c1-4-22(3)31-29(35)27(5-2)32(20-23-13-8-6-9-14-23)28(34)21-33(25-16-12-15-24(30)19-25)38(36,37)26-17-10-7-11-18-26/h6-19,22,27H,4-5,20-21H2,1-3H3,(H,31,35)/t22-,27+/m1/s1. The van der Waals surface area contributed by atoms with E-state index in [0.717, 1.165) is 16.3 Å². The fourth-order valence-corrected chi connectivity index (χ4v) is 5.83. The van der Waals surface area contributed by atoms with Crippen molar-refractivity contribution in [2.75, 3.05) is 10.8 Å². The maximum atomic E-state index is 14.0. The van der Waals surface area contributed by atoms with Crippen LogP contribution in [0.25, 0.3) is 0 Å². The number of anilines is 1. The highest BCUT2D eigenvalue weighted by Crippen LogP contribution is 2.27. The number of nitrogens with one attached hydrogen (secondary N) is 1. The molecule has 0 saturated heterocycles. The third-order valence-corrected chi connectivity index (χ3v) is 8.57. The first-order valence-corrected chi connectivity index (χ1v) is 14.9. The van der Waals surface area contributed by atoms with Crippen LogP contribution in [0.4, 0.5) is 5.69 Å². The zero-order chi connectivity index (χ0) is 27.7. The van der Waals surface area contributed by atoms with Gasteiger partial charge in [0.15, 0.2) is 0 Å². The summed E-state index contributed by atoms with van der Waals surface area (Å²) in [6, 6.07) is 23.4. The van der Waals surface area contributed by atoms with Crippen LogP contribution in [0.1, 0.15) is 39.2 Å². The van der Waals surface area contributed by atoms with Crippen LogP contribution >= 0.6 is 15.9 Å². The van der Waals surface area contributed by atoms with Crippen molar-refractivity contribution in [3.8, 4) is 0 Å². The van der Waals surface area contributed by atoms with Gasteiger partial charge in [-0.3, -0.25) is 13.9 Å². The van der Waals surface area contributed by atoms with Crippen LogP contribution in [-0.2, 0) is 26.2 Å². The fraction of sp³-hybridized carbons (Fsp3) is 0.310. The van der Waals surface area contributed by atoms with Crippen LogP contribution in [-0.4, -0.2) is 43.8 Å². The second-order valence-corrected chi connectivity index (χ2v) is 11.8. The van der Waals surface area contributed by atoms with Gasteiger partial charge in [-0.05, 0) is 55.7 Å². The van der Waals surface area contributed by atoms with Crippen LogP contribution in [0.3, 0.4) is 0 Å². The molecule has 0 aliphatic rings. The van der Waals surface area contributed by atoms with Crippen LogP contribution in [0.5, 0.6) is 0 Å². The van der Waals surface area contributed by atoms with Crippen molar-refractivity contribution in [2.24, 2.45) is 0 Å². The lowest BCUT2D eigenvalue weighted by Crippen LogP contribution is -2.53. The average Bonchev–Trinajstić information content (AvgIpc) is 2.92. The van der Waals surface area contributed by atoms with Crippen LogP contribution in [0.2, 0.25) is 0 Å². The number of sulfonamides is 1. The average molecular weight is 601 g/mol. The molecule has 0 spiro atoms. The monoisotopic (exact) mass is 599 g/mol. The van der Waals surface area contributed by atoms with Gasteiger partial charge in [-0.15, -0.1) is 0 Å². The molecule has 0 heterocycles. The van der Waals surface area contributed by atoms with Crippen LogP contribution in [0.15, 0.2) is 94.3 Å². The number of amides is 2. The van der Waals surface area contributed by atoms with Gasteiger partial charge < -0.3 is 10.2 Å². The summed E-state index contributed by atoms with van der Waals surface area (Å²) < 4.78 is 29.3. The number of nitrogens with zero attached hydrogens (tertiary/aromatic N) is 2. The van der Waals surface area contributed by atoms with Gasteiger partial charge in [0.05, 0.1) is 10.6 Å². The summed E-state index contributed by atoms with van der Waals surface area (Å²) >= 11 is 3.41. The molecule has 2 amide bonds. The normalized spacial score (nSPS) is 12.8. The molecule has 0 radical (unpaired) electrons. The Hall–Kier alpha value is -3.17. The molecule has 3 aromatic rings. The molecule has 0 aromatic heterocycles. The van der Waals surface area contributed by atoms with Crippen molar-refractivity contribution in [1.82, 2.24) is 10.2 Å². The molecule has 0 aliphatic heterocycles. The molecule has 3 rings (SSSR count). The number of carbonyl (C=O) groups excluding carboxylic acids is 2. The summed E-state index contributed by atoms with van der Waals surface area (Å²) in [4.78, 5) is 28.8. The lowest BCUT2D eigenvalue weighted by atomic mass is 10.1. The van der Waals surface area contributed by atoms with Crippen molar-refractivity contribution in [1.29, 1.82) is 0 Å². The molecular weight excluding hydrogens is 566 g/mol. The van der Waals surface area contributed by atoms with Gasteiger partial charge in [-0.1, -0.05) is 84.4 Å². The molecule has 0 bridgehead atoms. The second-order valence-electron chi connectivity index (χ2n) is 9.05. The van der Waals surface area contributed by atoms with Gasteiger partial charge in [0.2, 0.25) is 11.8 Å². The molecular formula is C29H34BrN3O4S. The molecule has 0 fully saturated rings. The van der Waals surface area contributed by atoms with E-state index < -0.39 is 28.5 Å². The van der Waals surface area contributed by atoms with Crippen molar-refractivity contribution >= 4 is 43.5 Å². The SMILES string of the molecule is CC[C@@H](C)NC(=O)[C@H](CC)N(Cc1ccccc1)C(=O)CN(c1cccc(Br)c1)S(=O)(=O)c1ccccc1. The lowest BCUT2D eigenvalue weighted by Gasteiger charge is -2.33. The molecule has 202 valence electrons. The van der Waals surface area contributed by atoms with E-state index in [1.54, 1.807) is 42.5 Å². The van der Waals surface area contributed by atoms with E-state index in [1.807, 2.05) is 51.1 Å². The summed E-state index contributed by atoms with van der Waals surface area (Å²) in [5.74, 6) is -0.731. The van der Waals surface area contributed by atoms with Gasteiger partial charge >= 0.3 is 0 Å². The van der Waals surface area contributed by atoms with E-state index in [-0.39, 0.29) is 23.4 Å². The highest BCUT2D eigenvalue weighted by molar-refractivity contribution is 9.10. The zero-order valence-corrected chi connectivity index (χ0v) is 24.3. The third kappa shape index (κ3) is 7.45. The Bertz CT molecular complexity index is 1320. The van der Waals surface area contributed by atoms with E-state index in [1.165, 1.54) is 17.0 Å². The zero-order valence-electron chi connectivity index (χ0n) is 21.9.